The van der Waals surface area contributed by atoms with Crippen molar-refractivity contribution in [1.82, 2.24) is 4.98 Å². The van der Waals surface area contributed by atoms with E-state index in [0.29, 0.717) is 6.61 Å². The van der Waals surface area contributed by atoms with Crippen LogP contribution in [0.5, 0.6) is 5.75 Å². The summed E-state index contributed by atoms with van der Waals surface area (Å²) in [6, 6.07) is 0. The lowest BCUT2D eigenvalue weighted by Crippen LogP contribution is -2.10. The number of rotatable bonds is 2. The molecule has 0 radical (unpaired) electrons. The second-order valence-electron chi connectivity index (χ2n) is 4.58. The highest BCUT2D eigenvalue weighted by Crippen LogP contribution is 2.29. The van der Waals surface area contributed by atoms with Crippen LogP contribution in [0, 0.1) is 0 Å². The van der Waals surface area contributed by atoms with Crippen LogP contribution in [0.3, 0.4) is 0 Å². The maximum Gasteiger partial charge on any atom is 0.343 e. The maximum absolute atomic E-state index is 11.7. The van der Waals surface area contributed by atoms with E-state index in [1.165, 1.54) is 19.0 Å². The molecule has 1 aromatic rings. The Morgan fingerprint density at radius 2 is 2.06 bits per heavy atom. The van der Waals surface area contributed by atoms with Gasteiger partial charge in [-0.15, -0.1) is 0 Å². The summed E-state index contributed by atoms with van der Waals surface area (Å²) in [6.45, 7) is 2.05. The number of nitrogens with zero attached hydrogens (tertiary/aromatic N) is 1. The van der Waals surface area contributed by atoms with Gasteiger partial charge in [0.1, 0.15) is 11.3 Å². The van der Waals surface area contributed by atoms with Crippen LogP contribution in [0.4, 0.5) is 0 Å². The summed E-state index contributed by atoms with van der Waals surface area (Å²) in [5.74, 6) is -0.423. The zero-order chi connectivity index (χ0) is 13.0. The van der Waals surface area contributed by atoms with Crippen molar-refractivity contribution >= 4 is 5.97 Å². The Morgan fingerprint density at radius 3 is 2.78 bits per heavy atom. The van der Waals surface area contributed by atoms with Crippen molar-refractivity contribution in [3.05, 3.63) is 23.0 Å². The second-order valence-corrected chi connectivity index (χ2v) is 4.58. The fraction of sp³-hybridized carbons (Fsp3) is 0.571. The average molecular weight is 249 g/mol. The van der Waals surface area contributed by atoms with Crippen molar-refractivity contribution in [2.45, 2.75) is 45.4 Å². The highest BCUT2D eigenvalue weighted by molar-refractivity contribution is 5.92. The number of aryl methyl sites for hydroxylation is 1. The van der Waals surface area contributed by atoms with E-state index in [4.69, 9.17) is 4.74 Å². The normalized spacial score (nSPS) is 15.4. The molecule has 1 heterocycles. The molecule has 1 aliphatic rings. The highest BCUT2D eigenvalue weighted by Gasteiger charge is 2.20. The van der Waals surface area contributed by atoms with Gasteiger partial charge in [-0.1, -0.05) is 12.8 Å². The Bertz CT molecular complexity index is 443. The molecule has 0 aliphatic heterocycles. The molecule has 4 nitrogen and oxygen atoms in total. The van der Waals surface area contributed by atoms with E-state index in [2.05, 4.69) is 4.98 Å². The van der Waals surface area contributed by atoms with Crippen molar-refractivity contribution in [1.29, 1.82) is 0 Å². The molecule has 0 fully saturated rings. The van der Waals surface area contributed by atoms with Crippen molar-refractivity contribution in [3.8, 4) is 5.75 Å². The standard InChI is InChI=1S/C14H19NO3/c1-2-18-14(17)11-9-15-12-8-6-4-3-5-7-10(12)13(11)16/h9H,2-8H2,1H3,(H,15,16). The molecule has 1 aromatic heterocycles. The molecule has 1 aliphatic carbocycles. The number of aromatic nitrogens is 1. The molecule has 18 heavy (non-hydrogen) atoms. The van der Waals surface area contributed by atoms with Gasteiger partial charge in [0.15, 0.2) is 0 Å². The summed E-state index contributed by atoms with van der Waals surface area (Å²) in [4.78, 5) is 16.0. The van der Waals surface area contributed by atoms with Gasteiger partial charge in [0.25, 0.3) is 0 Å². The third kappa shape index (κ3) is 2.63. The molecule has 0 atom stereocenters. The Hall–Kier alpha value is -1.58. The molecule has 4 heteroatoms. The second kappa shape index (κ2) is 5.85. The minimum absolute atomic E-state index is 0.0698. The van der Waals surface area contributed by atoms with Gasteiger partial charge in [-0.25, -0.2) is 4.79 Å². The third-order valence-electron chi connectivity index (χ3n) is 3.32. The molecule has 0 amide bonds. The summed E-state index contributed by atoms with van der Waals surface area (Å²) >= 11 is 0. The highest BCUT2D eigenvalue weighted by atomic mass is 16.5. The van der Waals surface area contributed by atoms with Crippen LogP contribution in [0.25, 0.3) is 0 Å². The zero-order valence-corrected chi connectivity index (χ0v) is 10.7. The summed E-state index contributed by atoms with van der Waals surface area (Å²) in [5.41, 5.74) is 1.96. The van der Waals surface area contributed by atoms with Gasteiger partial charge in [-0.2, -0.15) is 0 Å². The molecule has 0 saturated heterocycles. The smallest absolute Gasteiger partial charge is 0.343 e. The van der Waals surface area contributed by atoms with Gasteiger partial charge < -0.3 is 9.84 Å². The monoisotopic (exact) mass is 249 g/mol. The van der Waals surface area contributed by atoms with Gasteiger partial charge >= 0.3 is 5.97 Å². The largest absolute Gasteiger partial charge is 0.507 e. The minimum atomic E-state index is -0.493. The lowest BCUT2D eigenvalue weighted by atomic mass is 9.95. The zero-order valence-electron chi connectivity index (χ0n) is 10.7. The molecule has 0 saturated carbocycles. The fourth-order valence-corrected chi connectivity index (χ4v) is 2.36. The number of esters is 1. The lowest BCUT2D eigenvalue weighted by molar-refractivity contribution is 0.0522. The fourth-order valence-electron chi connectivity index (χ4n) is 2.36. The first-order valence-corrected chi connectivity index (χ1v) is 6.61. The van der Waals surface area contributed by atoms with E-state index >= 15 is 0 Å². The van der Waals surface area contributed by atoms with Crippen LogP contribution in [-0.2, 0) is 17.6 Å². The van der Waals surface area contributed by atoms with Crippen LogP contribution >= 0.6 is 0 Å². The van der Waals surface area contributed by atoms with Crippen molar-refractivity contribution in [2.75, 3.05) is 6.61 Å². The summed E-state index contributed by atoms with van der Waals surface area (Å²) < 4.78 is 4.92. The molecule has 98 valence electrons. The molecule has 0 aromatic carbocycles. The Morgan fingerprint density at radius 1 is 1.33 bits per heavy atom. The predicted molar refractivity (Wildman–Crippen MR) is 67.7 cm³/mol. The van der Waals surface area contributed by atoms with Gasteiger partial charge in [0, 0.05) is 17.5 Å². The van der Waals surface area contributed by atoms with E-state index in [-0.39, 0.29) is 11.3 Å². The van der Waals surface area contributed by atoms with Crippen molar-refractivity contribution in [2.24, 2.45) is 0 Å². The first kappa shape index (κ1) is 12.9. The molecular weight excluding hydrogens is 230 g/mol. The number of ether oxygens (including phenoxy) is 1. The summed E-state index contributed by atoms with van der Waals surface area (Å²) in [7, 11) is 0. The van der Waals surface area contributed by atoms with Gasteiger partial charge in [0.05, 0.1) is 6.61 Å². The SMILES string of the molecule is CCOC(=O)c1cnc2c(c1O)CCCCCC2. The first-order chi connectivity index (χ1) is 8.74. The molecule has 0 spiro atoms. The number of hydrogen-bond acceptors (Lipinski definition) is 4. The van der Waals surface area contributed by atoms with Gasteiger partial charge in [-0.3, -0.25) is 4.98 Å². The molecule has 1 N–H and O–H groups in total. The lowest BCUT2D eigenvalue weighted by Gasteiger charge is -2.15. The number of carbonyl (C=O) groups excluding carboxylic acids is 1. The number of pyridine rings is 1. The average Bonchev–Trinajstić information content (AvgIpc) is 2.31. The van der Waals surface area contributed by atoms with Crippen LogP contribution in [0.15, 0.2) is 6.20 Å². The number of hydrogen-bond donors (Lipinski definition) is 1. The van der Waals surface area contributed by atoms with E-state index < -0.39 is 5.97 Å². The number of carbonyl (C=O) groups is 1. The molecule has 0 unspecified atom stereocenters. The van der Waals surface area contributed by atoms with Gasteiger partial charge in [-0.05, 0) is 32.6 Å². The number of aromatic hydroxyl groups is 1. The third-order valence-corrected chi connectivity index (χ3v) is 3.32. The molecule has 2 rings (SSSR count). The van der Waals surface area contributed by atoms with E-state index in [0.717, 1.165) is 36.9 Å². The quantitative estimate of drug-likeness (QED) is 0.818. The first-order valence-electron chi connectivity index (χ1n) is 6.61. The van der Waals surface area contributed by atoms with Crippen LogP contribution < -0.4 is 0 Å². The summed E-state index contributed by atoms with van der Waals surface area (Å²) in [5, 5.41) is 10.2. The molecular formula is C14H19NO3. The van der Waals surface area contributed by atoms with Gasteiger partial charge in [0.2, 0.25) is 0 Å². The maximum atomic E-state index is 11.7. The molecule has 0 bridgehead atoms. The van der Waals surface area contributed by atoms with Crippen LogP contribution in [0.2, 0.25) is 0 Å². The number of fused-ring (bicyclic) bond motifs is 1. The minimum Gasteiger partial charge on any atom is -0.507 e. The summed E-state index contributed by atoms with van der Waals surface area (Å²) in [6.07, 6.45) is 7.62. The Labute approximate surface area is 107 Å². The van der Waals surface area contributed by atoms with Crippen molar-refractivity contribution in [3.63, 3.8) is 0 Å². The Balaban J connectivity index is 2.34. The topological polar surface area (TPSA) is 59.4 Å². The Kier molecular flexibility index (Phi) is 4.18. The van der Waals surface area contributed by atoms with Crippen LogP contribution in [0.1, 0.15) is 54.2 Å². The van der Waals surface area contributed by atoms with E-state index in [1.807, 2.05) is 0 Å². The van der Waals surface area contributed by atoms with E-state index in [9.17, 15) is 9.90 Å². The predicted octanol–water partition coefficient (Wildman–Crippen LogP) is 2.62. The van der Waals surface area contributed by atoms with E-state index in [1.54, 1.807) is 6.92 Å². The van der Waals surface area contributed by atoms with Crippen LogP contribution in [-0.4, -0.2) is 22.7 Å². The van der Waals surface area contributed by atoms with Crippen molar-refractivity contribution < 1.29 is 14.6 Å².